The van der Waals surface area contributed by atoms with Crippen molar-refractivity contribution >= 4 is 27.5 Å². The predicted octanol–water partition coefficient (Wildman–Crippen LogP) is 2.39. The zero-order valence-electron chi connectivity index (χ0n) is 16.4. The smallest absolute Gasteiger partial charge is 0.243 e. The van der Waals surface area contributed by atoms with E-state index >= 15 is 0 Å². The fraction of sp³-hybridized carbons (Fsp3) is 0.350. The van der Waals surface area contributed by atoms with Gasteiger partial charge in [-0.3, -0.25) is 14.5 Å². The molecule has 0 radical (unpaired) electrons. The van der Waals surface area contributed by atoms with E-state index in [1.165, 1.54) is 4.31 Å². The van der Waals surface area contributed by atoms with Crippen molar-refractivity contribution in [2.24, 2.45) is 5.92 Å². The Bertz CT molecular complexity index is 1160. The van der Waals surface area contributed by atoms with Gasteiger partial charge in [-0.05, 0) is 62.1 Å². The Hall–Kier alpha value is -2.78. The molecule has 0 saturated carbocycles. The molecule has 8 nitrogen and oxygen atoms in total. The molecule has 1 saturated heterocycles. The van der Waals surface area contributed by atoms with E-state index in [0.29, 0.717) is 42.4 Å². The van der Waals surface area contributed by atoms with Gasteiger partial charge in [0, 0.05) is 25.2 Å². The summed E-state index contributed by atoms with van der Waals surface area (Å²) in [5.74, 6) is -0.0561. The largest absolute Gasteiger partial charge is 0.294 e. The van der Waals surface area contributed by atoms with E-state index in [0.717, 1.165) is 11.1 Å². The Labute approximate surface area is 169 Å². The third kappa shape index (κ3) is 3.75. The Balaban J connectivity index is 1.42. The van der Waals surface area contributed by atoms with Crippen LogP contribution in [-0.4, -0.2) is 46.3 Å². The van der Waals surface area contributed by atoms with Gasteiger partial charge in [-0.1, -0.05) is 12.1 Å². The molecular formula is C20H23N5O3S. The SMILES string of the molecule is Cc1ccc(S(=O)(=O)N2CCC(C(=O)Nc3nnc4ccccn34)CC2)cc1C. The van der Waals surface area contributed by atoms with Crippen LogP contribution in [0, 0.1) is 19.8 Å². The van der Waals surface area contributed by atoms with Crippen molar-refractivity contribution in [3.63, 3.8) is 0 Å². The molecular weight excluding hydrogens is 390 g/mol. The zero-order chi connectivity index (χ0) is 20.6. The van der Waals surface area contributed by atoms with Crippen LogP contribution in [-0.2, 0) is 14.8 Å². The maximum Gasteiger partial charge on any atom is 0.243 e. The fourth-order valence-corrected chi connectivity index (χ4v) is 5.08. The van der Waals surface area contributed by atoms with Gasteiger partial charge in [0.05, 0.1) is 4.90 Å². The first-order valence-corrected chi connectivity index (χ1v) is 11.0. The maximum absolute atomic E-state index is 12.9. The molecule has 4 rings (SSSR count). The molecule has 152 valence electrons. The monoisotopic (exact) mass is 413 g/mol. The Morgan fingerprint density at radius 2 is 1.83 bits per heavy atom. The van der Waals surface area contributed by atoms with Crippen molar-refractivity contribution in [1.29, 1.82) is 0 Å². The first-order valence-electron chi connectivity index (χ1n) is 9.54. The Morgan fingerprint density at radius 1 is 1.07 bits per heavy atom. The molecule has 29 heavy (non-hydrogen) atoms. The number of aromatic nitrogens is 3. The molecule has 3 aromatic rings. The molecule has 0 atom stereocenters. The second kappa shape index (κ2) is 7.57. The summed E-state index contributed by atoms with van der Waals surface area (Å²) in [6.45, 7) is 4.48. The van der Waals surface area contributed by atoms with Crippen LogP contribution in [0.1, 0.15) is 24.0 Å². The molecule has 1 N–H and O–H groups in total. The number of pyridine rings is 1. The van der Waals surface area contributed by atoms with E-state index in [4.69, 9.17) is 0 Å². The third-order valence-electron chi connectivity index (χ3n) is 5.49. The highest BCUT2D eigenvalue weighted by Gasteiger charge is 2.32. The van der Waals surface area contributed by atoms with Crippen LogP contribution in [0.25, 0.3) is 5.65 Å². The molecule has 0 spiro atoms. The quantitative estimate of drug-likeness (QED) is 0.708. The molecule has 1 fully saturated rings. The van der Waals surface area contributed by atoms with Crippen LogP contribution in [0.4, 0.5) is 5.95 Å². The number of nitrogens with one attached hydrogen (secondary N) is 1. The van der Waals surface area contributed by atoms with Crippen molar-refractivity contribution in [2.45, 2.75) is 31.6 Å². The van der Waals surface area contributed by atoms with E-state index in [-0.39, 0.29) is 11.8 Å². The second-order valence-electron chi connectivity index (χ2n) is 7.37. The molecule has 9 heteroatoms. The number of benzene rings is 1. The molecule has 1 aliphatic rings. The third-order valence-corrected chi connectivity index (χ3v) is 7.38. The van der Waals surface area contributed by atoms with E-state index in [1.54, 1.807) is 28.8 Å². The first kappa shape index (κ1) is 19.5. The molecule has 1 amide bonds. The van der Waals surface area contributed by atoms with Crippen LogP contribution in [0.2, 0.25) is 0 Å². The number of hydrogen-bond donors (Lipinski definition) is 1. The number of nitrogens with zero attached hydrogens (tertiary/aromatic N) is 4. The molecule has 1 aliphatic heterocycles. The first-order chi connectivity index (χ1) is 13.9. The summed E-state index contributed by atoms with van der Waals surface area (Å²) in [6.07, 6.45) is 2.71. The molecule has 0 bridgehead atoms. The highest BCUT2D eigenvalue weighted by molar-refractivity contribution is 7.89. The van der Waals surface area contributed by atoms with E-state index in [9.17, 15) is 13.2 Å². The van der Waals surface area contributed by atoms with E-state index in [1.807, 2.05) is 32.0 Å². The van der Waals surface area contributed by atoms with Gasteiger partial charge in [0.1, 0.15) is 0 Å². The van der Waals surface area contributed by atoms with Crippen molar-refractivity contribution in [2.75, 3.05) is 18.4 Å². The van der Waals surface area contributed by atoms with Gasteiger partial charge in [-0.15, -0.1) is 10.2 Å². The number of piperidine rings is 1. The zero-order valence-corrected chi connectivity index (χ0v) is 17.2. The minimum atomic E-state index is -3.55. The molecule has 3 heterocycles. The van der Waals surface area contributed by atoms with Crippen LogP contribution < -0.4 is 5.32 Å². The summed E-state index contributed by atoms with van der Waals surface area (Å²) in [4.78, 5) is 13.0. The lowest BCUT2D eigenvalue weighted by molar-refractivity contribution is -0.121. The van der Waals surface area contributed by atoms with Crippen molar-refractivity contribution in [1.82, 2.24) is 18.9 Å². The summed E-state index contributed by atoms with van der Waals surface area (Å²) < 4.78 is 29.0. The summed E-state index contributed by atoms with van der Waals surface area (Å²) in [5.41, 5.74) is 2.65. The van der Waals surface area contributed by atoms with Crippen molar-refractivity contribution in [3.05, 3.63) is 53.7 Å². The van der Waals surface area contributed by atoms with Crippen molar-refractivity contribution < 1.29 is 13.2 Å². The fourth-order valence-electron chi connectivity index (χ4n) is 3.52. The average molecular weight is 414 g/mol. The minimum Gasteiger partial charge on any atom is -0.294 e. The molecule has 0 unspecified atom stereocenters. The lowest BCUT2D eigenvalue weighted by Gasteiger charge is -2.30. The molecule has 0 aliphatic carbocycles. The number of carbonyl (C=O) groups excluding carboxylic acids is 1. The standard InChI is InChI=1S/C20H23N5O3S/c1-14-6-7-17(13-15(14)2)29(27,28)24-11-8-16(9-12-24)19(26)21-20-23-22-18-5-3-4-10-25(18)20/h3-7,10,13,16H,8-9,11-12H2,1-2H3,(H,21,23,26). The van der Waals surface area contributed by atoms with E-state index in [2.05, 4.69) is 15.5 Å². The highest BCUT2D eigenvalue weighted by Crippen LogP contribution is 2.26. The van der Waals surface area contributed by atoms with Crippen LogP contribution in [0.5, 0.6) is 0 Å². The number of aryl methyl sites for hydroxylation is 2. The number of anilines is 1. The molecule has 1 aromatic carbocycles. The summed E-state index contributed by atoms with van der Waals surface area (Å²) in [7, 11) is -3.55. The van der Waals surface area contributed by atoms with Gasteiger partial charge in [-0.2, -0.15) is 4.31 Å². The summed E-state index contributed by atoms with van der Waals surface area (Å²) >= 11 is 0. The minimum absolute atomic E-state index is 0.161. The lowest BCUT2D eigenvalue weighted by Crippen LogP contribution is -2.41. The topological polar surface area (TPSA) is 96.7 Å². The lowest BCUT2D eigenvalue weighted by atomic mass is 9.97. The van der Waals surface area contributed by atoms with Crippen LogP contribution in [0.15, 0.2) is 47.5 Å². The highest BCUT2D eigenvalue weighted by atomic mass is 32.2. The Morgan fingerprint density at radius 3 is 2.55 bits per heavy atom. The number of hydrogen-bond acceptors (Lipinski definition) is 5. The van der Waals surface area contributed by atoms with Crippen LogP contribution >= 0.6 is 0 Å². The normalized spacial score (nSPS) is 16.2. The van der Waals surface area contributed by atoms with Gasteiger partial charge in [-0.25, -0.2) is 8.42 Å². The number of rotatable bonds is 4. The van der Waals surface area contributed by atoms with E-state index < -0.39 is 10.0 Å². The molecule has 2 aromatic heterocycles. The van der Waals surface area contributed by atoms with Gasteiger partial charge >= 0.3 is 0 Å². The number of carbonyl (C=O) groups is 1. The average Bonchev–Trinajstić information content (AvgIpc) is 3.13. The van der Waals surface area contributed by atoms with Crippen molar-refractivity contribution in [3.8, 4) is 0 Å². The predicted molar refractivity (Wildman–Crippen MR) is 109 cm³/mol. The maximum atomic E-state index is 12.9. The van der Waals surface area contributed by atoms with Crippen LogP contribution in [0.3, 0.4) is 0 Å². The number of fused-ring (bicyclic) bond motifs is 1. The summed E-state index contributed by atoms with van der Waals surface area (Å²) in [6, 6.07) is 10.7. The van der Waals surface area contributed by atoms with Gasteiger partial charge in [0.25, 0.3) is 0 Å². The summed E-state index contributed by atoms with van der Waals surface area (Å²) in [5, 5.41) is 10.8. The Kier molecular flexibility index (Phi) is 5.10. The number of amides is 1. The number of sulfonamides is 1. The second-order valence-corrected chi connectivity index (χ2v) is 9.30. The van der Waals surface area contributed by atoms with Gasteiger partial charge < -0.3 is 0 Å². The van der Waals surface area contributed by atoms with Gasteiger partial charge in [0.15, 0.2) is 5.65 Å². The van der Waals surface area contributed by atoms with Gasteiger partial charge in [0.2, 0.25) is 21.9 Å².